The first-order chi connectivity index (χ1) is 10.8. The van der Waals surface area contributed by atoms with Crippen molar-refractivity contribution in [3.63, 3.8) is 0 Å². The summed E-state index contributed by atoms with van der Waals surface area (Å²) in [4.78, 5) is 23.2. The van der Waals surface area contributed by atoms with Crippen molar-refractivity contribution in [2.45, 2.75) is 6.42 Å². The van der Waals surface area contributed by atoms with Gasteiger partial charge in [0.2, 0.25) is 0 Å². The monoisotopic (exact) mass is 364 g/mol. The SMILES string of the molecule is COC(=O)c1cc(NS(=O)(=O)NCCCCl)cc(C(=O)OC)c1. The molecule has 8 nitrogen and oxygen atoms in total. The molecule has 23 heavy (non-hydrogen) atoms. The van der Waals surface area contributed by atoms with Gasteiger partial charge in [-0.05, 0) is 24.6 Å². The second-order valence-electron chi connectivity index (χ2n) is 4.32. The molecule has 0 bridgehead atoms. The standard InChI is InChI=1S/C13H17ClN2O6S/c1-21-12(17)9-6-10(13(18)22-2)8-11(7-9)16-23(19,20)15-5-3-4-14/h6-8,15-16H,3-5H2,1-2H3. The molecule has 0 saturated carbocycles. The smallest absolute Gasteiger partial charge is 0.337 e. The highest BCUT2D eigenvalue weighted by molar-refractivity contribution is 7.90. The van der Waals surface area contributed by atoms with E-state index in [0.29, 0.717) is 12.3 Å². The first-order valence-electron chi connectivity index (χ1n) is 6.48. The summed E-state index contributed by atoms with van der Waals surface area (Å²) < 4.78 is 37.4. The van der Waals surface area contributed by atoms with E-state index < -0.39 is 22.1 Å². The number of esters is 2. The third-order valence-corrected chi connectivity index (χ3v) is 3.99. The lowest BCUT2D eigenvalue weighted by atomic mass is 10.1. The maximum atomic E-state index is 11.9. The van der Waals surface area contributed by atoms with E-state index in [2.05, 4.69) is 18.9 Å². The Hall–Kier alpha value is -1.84. The zero-order chi connectivity index (χ0) is 17.5. The van der Waals surface area contributed by atoms with Crippen LogP contribution >= 0.6 is 11.6 Å². The van der Waals surface area contributed by atoms with Crippen LogP contribution in [0.15, 0.2) is 18.2 Å². The zero-order valence-electron chi connectivity index (χ0n) is 12.6. The summed E-state index contributed by atoms with van der Waals surface area (Å²) in [5.41, 5.74) is 0.0365. The van der Waals surface area contributed by atoms with Crippen molar-refractivity contribution >= 4 is 39.4 Å². The number of hydrogen-bond acceptors (Lipinski definition) is 6. The molecule has 2 N–H and O–H groups in total. The Morgan fingerprint density at radius 2 is 1.61 bits per heavy atom. The summed E-state index contributed by atoms with van der Waals surface area (Å²) in [6, 6.07) is 3.74. The van der Waals surface area contributed by atoms with E-state index in [1.54, 1.807) is 0 Å². The number of methoxy groups -OCH3 is 2. The molecule has 1 aromatic carbocycles. The van der Waals surface area contributed by atoms with Gasteiger partial charge in [0.15, 0.2) is 0 Å². The van der Waals surface area contributed by atoms with Gasteiger partial charge in [-0.2, -0.15) is 13.1 Å². The number of carbonyl (C=O) groups excluding carboxylic acids is 2. The van der Waals surface area contributed by atoms with Gasteiger partial charge < -0.3 is 9.47 Å². The average molecular weight is 365 g/mol. The van der Waals surface area contributed by atoms with Gasteiger partial charge in [0.1, 0.15) is 0 Å². The maximum Gasteiger partial charge on any atom is 0.337 e. The highest BCUT2D eigenvalue weighted by Gasteiger charge is 2.16. The van der Waals surface area contributed by atoms with Crippen LogP contribution in [0.25, 0.3) is 0 Å². The topological polar surface area (TPSA) is 111 Å². The van der Waals surface area contributed by atoms with Gasteiger partial charge in [0.05, 0.1) is 31.0 Å². The lowest BCUT2D eigenvalue weighted by molar-refractivity contribution is 0.0599. The summed E-state index contributed by atoms with van der Waals surface area (Å²) in [6.07, 6.45) is 0.456. The summed E-state index contributed by atoms with van der Waals surface area (Å²) in [6.45, 7) is 0.152. The van der Waals surface area contributed by atoms with E-state index >= 15 is 0 Å². The molecule has 0 aliphatic carbocycles. The lowest BCUT2D eigenvalue weighted by Crippen LogP contribution is -2.31. The number of alkyl halides is 1. The van der Waals surface area contributed by atoms with Crippen molar-refractivity contribution in [1.29, 1.82) is 0 Å². The number of benzene rings is 1. The van der Waals surface area contributed by atoms with Crippen LogP contribution in [0.5, 0.6) is 0 Å². The molecule has 0 heterocycles. The van der Waals surface area contributed by atoms with E-state index in [-0.39, 0.29) is 23.4 Å². The number of nitrogens with one attached hydrogen (secondary N) is 2. The molecule has 0 aliphatic rings. The van der Waals surface area contributed by atoms with Crippen molar-refractivity contribution in [3.8, 4) is 0 Å². The van der Waals surface area contributed by atoms with Gasteiger partial charge in [0, 0.05) is 12.4 Å². The van der Waals surface area contributed by atoms with Crippen LogP contribution in [0.1, 0.15) is 27.1 Å². The van der Waals surface area contributed by atoms with Crippen LogP contribution in [0, 0.1) is 0 Å². The number of ether oxygens (including phenoxy) is 2. The first kappa shape index (κ1) is 19.2. The van der Waals surface area contributed by atoms with Crippen molar-refractivity contribution in [1.82, 2.24) is 4.72 Å². The Kier molecular flexibility index (Phi) is 7.27. The molecule has 0 aromatic heterocycles. The Morgan fingerprint density at radius 1 is 1.09 bits per heavy atom. The summed E-state index contributed by atoms with van der Waals surface area (Å²) in [5.74, 6) is -1.12. The number of hydrogen-bond donors (Lipinski definition) is 2. The number of rotatable bonds is 8. The minimum absolute atomic E-state index is 0.00820. The first-order valence-corrected chi connectivity index (χ1v) is 8.50. The molecule has 0 spiro atoms. The molecular weight excluding hydrogens is 348 g/mol. The zero-order valence-corrected chi connectivity index (χ0v) is 14.2. The fraction of sp³-hybridized carbons (Fsp3) is 0.385. The predicted molar refractivity (Wildman–Crippen MR) is 85.0 cm³/mol. The van der Waals surface area contributed by atoms with Gasteiger partial charge >= 0.3 is 11.9 Å². The van der Waals surface area contributed by atoms with Crippen molar-refractivity contribution < 1.29 is 27.5 Å². The Morgan fingerprint density at radius 3 is 2.04 bits per heavy atom. The third-order valence-electron chi connectivity index (χ3n) is 2.63. The number of halogens is 1. The molecule has 0 radical (unpaired) electrons. The van der Waals surface area contributed by atoms with Crippen LogP contribution in [-0.4, -0.2) is 47.0 Å². The summed E-state index contributed by atoms with van der Waals surface area (Å²) >= 11 is 5.48. The van der Waals surface area contributed by atoms with E-state index in [4.69, 9.17) is 11.6 Å². The van der Waals surface area contributed by atoms with Crippen molar-refractivity contribution in [2.75, 3.05) is 31.4 Å². The number of anilines is 1. The molecule has 10 heteroatoms. The van der Waals surface area contributed by atoms with Gasteiger partial charge in [-0.3, -0.25) is 4.72 Å². The van der Waals surface area contributed by atoms with E-state index in [1.807, 2.05) is 0 Å². The second-order valence-corrected chi connectivity index (χ2v) is 6.20. The van der Waals surface area contributed by atoms with Crippen LogP contribution in [-0.2, 0) is 19.7 Å². The van der Waals surface area contributed by atoms with Gasteiger partial charge in [-0.15, -0.1) is 11.6 Å². The van der Waals surface area contributed by atoms with Crippen LogP contribution in [0.3, 0.4) is 0 Å². The fourth-order valence-electron chi connectivity index (χ4n) is 1.62. The Balaban J connectivity index is 3.09. The van der Waals surface area contributed by atoms with Gasteiger partial charge in [0.25, 0.3) is 10.2 Å². The van der Waals surface area contributed by atoms with E-state index in [0.717, 1.165) is 0 Å². The predicted octanol–water partition coefficient (Wildman–Crippen LogP) is 1.14. The lowest BCUT2D eigenvalue weighted by Gasteiger charge is -2.11. The Bertz CT molecular complexity index is 643. The quantitative estimate of drug-likeness (QED) is 0.406. The van der Waals surface area contributed by atoms with Crippen LogP contribution < -0.4 is 9.44 Å². The molecule has 1 aromatic rings. The molecule has 0 saturated heterocycles. The Labute approximate surface area is 139 Å². The summed E-state index contributed by atoms with van der Waals surface area (Å²) in [5, 5.41) is 0. The van der Waals surface area contributed by atoms with Gasteiger partial charge in [-0.1, -0.05) is 0 Å². The largest absolute Gasteiger partial charge is 0.465 e. The molecule has 0 fully saturated rings. The van der Waals surface area contributed by atoms with E-state index in [1.165, 1.54) is 32.4 Å². The molecule has 0 atom stereocenters. The second kappa shape index (κ2) is 8.70. The van der Waals surface area contributed by atoms with Gasteiger partial charge in [-0.25, -0.2) is 9.59 Å². The van der Waals surface area contributed by atoms with Crippen LogP contribution in [0.2, 0.25) is 0 Å². The average Bonchev–Trinajstić information content (AvgIpc) is 2.52. The molecule has 0 aliphatic heterocycles. The highest BCUT2D eigenvalue weighted by Crippen LogP contribution is 2.18. The normalized spacial score (nSPS) is 10.9. The molecule has 1 rings (SSSR count). The molecule has 0 unspecified atom stereocenters. The van der Waals surface area contributed by atoms with E-state index in [9.17, 15) is 18.0 Å². The van der Waals surface area contributed by atoms with Crippen molar-refractivity contribution in [2.24, 2.45) is 0 Å². The van der Waals surface area contributed by atoms with Crippen LogP contribution in [0.4, 0.5) is 5.69 Å². The minimum Gasteiger partial charge on any atom is -0.465 e. The fourth-order valence-corrected chi connectivity index (χ4v) is 2.67. The third kappa shape index (κ3) is 6.05. The molecule has 128 valence electrons. The van der Waals surface area contributed by atoms with Crippen molar-refractivity contribution in [3.05, 3.63) is 29.3 Å². The maximum absolute atomic E-state index is 11.9. The minimum atomic E-state index is -3.87. The molecule has 0 amide bonds. The summed E-state index contributed by atoms with van der Waals surface area (Å²) in [7, 11) is -1.53. The number of carbonyl (C=O) groups is 2. The highest BCUT2D eigenvalue weighted by atomic mass is 35.5. The molecular formula is C13H17ClN2O6S.